The van der Waals surface area contributed by atoms with E-state index in [0.29, 0.717) is 24.9 Å². The summed E-state index contributed by atoms with van der Waals surface area (Å²) < 4.78 is 0. The monoisotopic (exact) mass is 254 g/mol. The van der Waals surface area contributed by atoms with Gasteiger partial charge in [-0.15, -0.1) is 0 Å². The average molecular weight is 254 g/mol. The van der Waals surface area contributed by atoms with Gasteiger partial charge in [0.1, 0.15) is 0 Å². The Labute approximate surface area is 108 Å². The van der Waals surface area contributed by atoms with Gasteiger partial charge in [-0.2, -0.15) is 0 Å². The Balaban J connectivity index is 1.99. The number of carbonyl (C=O) groups is 2. The van der Waals surface area contributed by atoms with Crippen LogP contribution in [0, 0.1) is 11.8 Å². The Morgan fingerprint density at radius 3 is 2.50 bits per heavy atom. The highest BCUT2D eigenvalue weighted by Crippen LogP contribution is 2.13. The van der Waals surface area contributed by atoms with Crippen LogP contribution in [-0.2, 0) is 4.79 Å². The third kappa shape index (κ3) is 2.66. The molecule has 2 fully saturated rings. The smallest absolute Gasteiger partial charge is 0.324 e. The van der Waals surface area contributed by atoms with Crippen LogP contribution in [0.3, 0.4) is 0 Å². The van der Waals surface area contributed by atoms with Gasteiger partial charge < -0.3 is 10.2 Å². The van der Waals surface area contributed by atoms with Gasteiger partial charge in [-0.1, -0.05) is 13.8 Å². The second-order valence-corrected chi connectivity index (χ2v) is 5.96. The van der Waals surface area contributed by atoms with Crippen molar-refractivity contribution in [3.05, 3.63) is 0 Å². The molecule has 5 heteroatoms. The van der Waals surface area contributed by atoms with Crippen molar-refractivity contribution in [3.8, 4) is 0 Å². The average Bonchev–Trinajstić information content (AvgIpc) is 2.72. The molecule has 3 amide bonds. The van der Waals surface area contributed by atoms with Gasteiger partial charge in [-0.05, 0) is 13.3 Å². The minimum absolute atomic E-state index is 0.0266. The topological polar surface area (TPSA) is 53.9 Å². The van der Waals surface area contributed by atoms with Crippen LogP contribution in [0.4, 0.5) is 4.79 Å². The van der Waals surface area contributed by atoms with E-state index in [9.17, 15) is 9.59 Å². The second-order valence-electron chi connectivity index (χ2n) is 5.96. The minimum Gasteiger partial charge on any atom is -0.336 e. The first-order valence-corrected chi connectivity index (χ1v) is 6.92. The second kappa shape index (κ2) is 5.26. The van der Waals surface area contributed by atoms with Crippen molar-refractivity contribution in [2.24, 2.45) is 11.8 Å². The van der Waals surface area contributed by atoms with Gasteiger partial charge in [0.25, 0.3) is 5.91 Å². The number of nitrogens with zero attached hydrogens (tertiary/aromatic N) is 1. The van der Waals surface area contributed by atoms with Gasteiger partial charge in [-0.25, -0.2) is 4.79 Å². The largest absolute Gasteiger partial charge is 0.336 e. The molecule has 18 heavy (non-hydrogen) atoms. The van der Waals surface area contributed by atoms with E-state index < -0.39 is 0 Å². The van der Waals surface area contributed by atoms with Gasteiger partial charge in [-0.3, -0.25) is 9.69 Å². The molecule has 102 valence electrons. The summed E-state index contributed by atoms with van der Waals surface area (Å²) in [6, 6.07) is -0.344. The maximum atomic E-state index is 12.3. The number of urea groups is 1. The lowest BCUT2D eigenvalue weighted by atomic mass is 9.91. The third-order valence-electron chi connectivity index (χ3n) is 4.13. The predicted octanol–water partition coefficient (Wildman–Crippen LogP) is -0.512. The molecule has 2 rings (SSSR count). The molecule has 0 spiro atoms. The van der Waals surface area contributed by atoms with Crippen LogP contribution >= 0.6 is 0 Å². The van der Waals surface area contributed by atoms with E-state index in [1.54, 1.807) is 0 Å². The molecule has 0 unspecified atom stereocenters. The molecule has 0 aromatic rings. The molecule has 5 nitrogen and oxygen atoms in total. The van der Waals surface area contributed by atoms with E-state index in [4.69, 9.17) is 0 Å². The Kier molecular flexibility index (Phi) is 3.90. The summed E-state index contributed by atoms with van der Waals surface area (Å²) >= 11 is 0. The highest BCUT2D eigenvalue weighted by Gasteiger charge is 2.37. The number of imide groups is 1. The zero-order chi connectivity index (χ0) is 13.3. The van der Waals surface area contributed by atoms with Gasteiger partial charge in [0.15, 0.2) is 6.04 Å². The summed E-state index contributed by atoms with van der Waals surface area (Å²) in [5.41, 5.74) is 0. The Bertz CT molecular complexity index is 335. The number of amides is 3. The SMILES string of the molecule is C[C@@H]1C[C@@H](C)C[NH+]([C@@H](C)C(=O)N2CCNC2=O)C1. The van der Waals surface area contributed by atoms with Gasteiger partial charge >= 0.3 is 6.03 Å². The molecular formula is C13H24N3O2+. The molecule has 0 aliphatic carbocycles. The molecule has 3 atom stereocenters. The summed E-state index contributed by atoms with van der Waals surface area (Å²) in [6.07, 6.45) is 1.24. The maximum absolute atomic E-state index is 12.3. The lowest BCUT2D eigenvalue weighted by molar-refractivity contribution is -0.926. The first-order chi connectivity index (χ1) is 8.49. The molecule has 2 heterocycles. The van der Waals surface area contributed by atoms with Gasteiger partial charge in [0, 0.05) is 24.9 Å². The number of piperidine rings is 1. The van der Waals surface area contributed by atoms with E-state index in [0.717, 1.165) is 13.1 Å². The van der Waals surface area contributed by atoms with Crippen molar-refractivity contribution in [1.82, 2.24) is 10.2 Å². The molecule has 2 N–H and O–H groups in total. The summed E-state index contributed by atoms with van der Waals surface area (Å²) in [5, 5.41) is 2.68. The molecule has 0 aromatic heterocycles. The lowest BCUT2D eigenvalue weighted by Gasteiger charge is -2.35. The number of likely N-dealkylation sites (tertiary alicyclic amines) is 1. The molecule has 2 aliphatic heterocycles. The standard InChI is InChI=1S/C13H23N3O2/c1-9-6-10(2)8-15(7-9)11(3)12(17)16-5-4-14-13(16)18/h9-11H,4-8H2,1-3H3,(H,14,18)/p+1/t9-,10-,11+/m1/s1. The van der Waals surface area contributed by atoms with Crippen LogP contribution in [0.15, 0.2) is 0 Å². The number of hydrogen-bond donors (Lipinski definition) is 2. The number of nitrogens with one attached hydrogen (secondary N) is 2. The molecule has 0 aromatic carbocycles. The summed E-state index contributed by atoms with van der Waals surface area (Å²) in [6.45, 7) is 9.61. The highest BCUT2D eigenvalue weighted by molar-refractivity contribution is 5.97. The van der Waals surface area contributed by atoms with E-state index in [-0.39, 0.29) is 18.0 Å². The number of rotatable bonds is 2. The first kappa shape index (κ1) is 13.3. The number of quaternary nitrogens is 1. The Morgan fingerprint density at radius 2 is 2.00 bits per heavy atom. The van der Waals surface area contributed by atoms with Crippen molar-refractivity contribution in [2.75, 3.05) is 26.2 Å². The maximum Gasteiger partial charge on any atom is 0.324 e. The molecular weight excluding hydrogens is 230 g/mol. The molecule has 2 saturated heterocycles. The van der Waals surface area contributed by atoms with Crippen LogP contribution < -0.4 is 10.2 Å². The Hall–Kier alpha value is -1.10. The van der Waals surface area contributed by atoms with E-state index in [2.05, 4.69) is 19.2 Å². The van der Waals surface area contributed by atoms with Gasteiger partial charge in [0.2, 0.25) is 0 Å². The Morgan fingerprint density at radius 1 is 1.39 bits per heavy atom. The zero-order valence-corrected chi connectivity index (χ0v) is 11.5. The molecule has 0 saturated carbocycles. The van der Waals surface area contributed by atoms with E-state index >= 15 is 0 Å². The molecule has 2 aliphatic rings. The van der Waals surface area contributed by atoms with Crippen LogP contribution in [0.5, 0.6) is 0 Å². The van der Waals surface area contributed by atoms with E-state index in [1.165, 1.54) is 16.2 Å². The number of carbonyl (C=O) groups excluding carboxylic acids is 2. The fraction of sp³-hybridized carbons (Fsp3) is 0.846. The van der Waals surface area contributed by atoms with E-state index in [1.807, 2.05) is 6.92 Å². The van der Waals surface area contributed by atoms with Crippen molar-refractivity contribution in [3.63, 3.8) is 0 Å². The summed E-state index contributed by atoms with van der Waals surface area (Å²) in [7, 11) is 0. The summed E-state index contributed by atoms with van der Waals surface area (Å²) in [4.78, 5) is 26.5. The molecule has 0 bridgehead atoms. The predicted molar refractivity (Wildman–Crippen MR) is 68.2 cm³/mol. The summed E-state index contributed by atoms with van der Waals surface area (Å²) in [5.74, 6) is 1.29. The van der Waals surface area contributed by atoms with Crippen LogP contribution in [0.2, 0.25) is 0 Å². The highest BCUT2D eigenvalue weighted by atomic mass is 16.2. The van der Waals surface area contributed by atoms with Crippen molar-refractivity contribution < 1.29 is 14.5 Å². The van der Waals surface area contributed by atoms with Crippen LogP contribution in [0.1, 0.15) is 27.2 Å². The van der Waals surface area contributed by atoms with Crippen molar-refractivity contribution in [1.29, 1.82) is 0 Å². The first-order valence-electron chi connectivity index (χ1n) is 6.92. The quantitative estimate of drug-likeness (QED) is 0.697. The normalized spacial score (nSPS) is 34.3. The fourth-order valence-corrected chi connectivity index (χ4v) is 3.28. The minimum atomic E-state index is -0.232. The van der Waals surface area contributed by atoms with Crippen molar-refractivity contribution >= 4 is 11.9 Å². The molecule has 0 radical (unpaired) electrons. The van der Waals surface area contributed by atoms with Gasteiger partial charge in [0.05, 0.1) is 13.1 Å². The third-order valence-corrected chi connectivity index (χ3v) is 4.13. The van der Waals surface area contributed by atoms with Crippen molar-refractivity contribution in [2.45, 2.75) is 33.2 Å². The zero-order valence-electron chi connectivity index (χ0n) is 11.5. The fourth-order valence-electron chi connectivity index (χ4n) is 3.28. The van der Waals surface area contributed by atoms with Crippen LogP contribution in [0.25, 0.3) is 0 Å². The number of hydrogen-bond acceptors (Lipinski definition) is 2. The van der Waals surface area contributed by atoms with Crippen LogP contribution in [-0.4, -0.2) is 49.1 Å². The lowest BCUT2D eigenvalue weighted by Crippen LogP contribution is -3.18.